The van der Waals surface area contributed by atoms with Crippen LogP contribution in [0.2, 0.25) is 0 Å². The molecule has 0 amide bonds. The van der Waals surface area contributed by atoms with Crippen LogP contribution in [0.1, 0.15) is 40.2 Å². The Morgan fingerprint density at radius 2 is 1.58 bits per heavy atom. The molecule has 0 heterocycles. The molecule has 0 spiro atoms. The van der Waals surface area contributed by atoms with Gasteiger partial charge in [0.15, 0.2) is 0 Å². The standard InChI is InChI=1S/C14H23NO3S/c1-6-11-7-9-12(10-8-11)19(17,18)15-13(2,3)14(4,5)16/h7-10,15-16H,6H2,1-5H3. The largest absolute Gasteiger partial charge is 0.389 e. The molecule has 108 valence electrons. The van der Waals surface area contributed by atoms with Gasteiger partial charge >= 0.3 is 0 Å². The lowest BCUT2D eigenvalue weighted by Crippen LogP contribution is -2.57. The molecule has 1 rings (SSSR count). The summed E-state index contributed by atoms with van der Waals surface area (Å²) < 4.78 is 27.1. The Kier molecular flexibility index (Phi) is 4.44. The van der Waals surface area contributed by atoms with E-state index in [1.807, 2.05) is 6.92 Å². The maximum atomic E-state index is 12.3. The van der Waals surface area contributed by atoms with Crippen molar-refractivity contribution in [3.05, 3.63) is 29.8 Å². The Hall–Kier alpha value is -0.910. The summed E-state index contributed by atoms with van der Waals surface area (Å²) in [6.07, 6.45) is 0.864. The second-order valence-corrected chi connectivity index (χ2v) is 7.47. The number of sulfonamides is 1. The number of aliphatic hydroxyl groups is 1. The molecule has 0 aliphatic heterocycles. The van der Waals surface area contributed by atoms with Gasteiger partial charge in [-0.2, -0.15) is 0 Å². The Labute approximate surface area is 115 Å². The number of rotatable bonds is 5. The van der Waals surface area contributed by atoms with E-state index in [1.54, 1.807) is 52.0 Å². The highest BCUT2D eigenvalue weighted by Gasteiger charge is 2.38. The highest BCUT2D eigenvalue weighted by molar-refractivity contribution is 7.89. The summed E-state index contributed by atoms with van der Waals surface area (Å²) in [4.78, 5) is 0.210. The maximum Gasteiger partial charge on any atom is 0.241 e. The van der Waals surface area contributed by atoms with Crippen molar-refractivity contribution in [3.63, 3.8) is 0 Å². The van der Waals surface area contributed by atoms with E-state index >= 15 is 0 Å². The van der Waals surface area contributed by atoms with Crippen molar-refractivity contribution in [1.29, 1.82) is 0 Å². The number of hydrogen-bond donors (Lipinski definition) is 2. The summed E-state index contributed by atoms with van der Waals surface area (Å²) in [5.41, 5.74) is -1.04. The summed E-state index contributed by atoms with van der Waals surface area (Å²) >= 11 is 0. The average molecular weight is 285 g/mol. The van der Waals surface area contributed by atoms with Crippen LogP contribution < -0.4 is 4.72 Å². The van der Waals surface area contributed by atoms with Gasteiger partial charge in [0.25, 0.3) is 0 Å². The molecule has 0 fully saturated rings. The lowest BCUT2D eigenvalue weighted by molar-refractivity contribution is 0.00639. The molecule has 0 radical (unpaired) electrons. The van der Waals surface area contributed by atoms with E-state index in [0.717, 1.165) is 12.0 Å². The van der Waals surface area contributed by atoms with Gasteiger partial charge in [0.1, 0.15) is 0 Å². The van der Waals surface area contributed by atoms with Gasteiger partial charge in [-0.1, -0.05) is 19.1 Å². The van der Waals surface area contributed by atoms with Crippen molar-refractivity contribution in [3.8, 4) is 0 Å². The van der Waals surface area contributed by atoms with Gasteiger partial charge in [-0.25, -0.2) is 13.1 Å². The Balaban J connectivity index is 3.05. The van der Waals surface area contributed by atoms with Gasteiger partial charge < -0.3 is 5.11 Å². The predicted molar refractivity (Wildman–Crippen MR) is 76.5 cm³/mol. The molecule has 0 aromatic heterocycles. The maximum absolute atomic E-state index is 12.3. The quantitative estimate of drug-likeness (QED) is 0.870. The second kappa shape index (κ2) is 5.23. The number of aryl methyl sites for hydroxylation is 1. The first-order valence-electron chi connectivity index (χ1n) is 6.35. The minimum absolute atomic E-state index is 0.210. The lowest BCUT2D eigenvalue weighted by atomic mass is 9.87. The molecule has 1 aromatic rings. The van der Waals surface area contributed by atoms with E-state index in [4.69, 9.17) is 0 Å². The molecule has 0 saturated carbocycles. The molecule has 0 aliphatic rings. The van der Waals surface area contributed by atoms with Crippen LogP contribution in [-0.4, -0.2) is 24.7 Å². The fraction of sp³-hybridized carbons (Fsp3) is 0.571. The van der Waals surface area contributed by atoms with Crippen LogP contribution in [0.25, 0.3) is 0 Å². The SMILES string of the molecule is CCc1ccc(S(=O)(=O)NC(C)(C)C(C)(C)O)cc1. The van der Waals surface area contributed by atoms with Crippen molar-refractivity contribution in [2.75, 3.05) is 0 Å². The molecule has 0 unspecified atom stereocenters. The first kappa shape index (κ1) is 16.1. The first-order chi connectivity index (χ1) is 8.49. The van der Waals surface area contributed by atoms with Gasteiger partial charge in [-0.15, -0.1) is 0 Å². The molecule has 5 heteroatoms. The van der Waals surface area contributed by atoms with Gasteiger partial charge in [0.2, 0.25) is 10.0 Å². The summed E-state index contributed by atoms with van der Waals surface area (Å²) in [5, 5.41) is 10.0. The monoisotopic (exact) mass is 285 g/mol. The molecule has 0 aliphatic carbocycles. The summed E-state index contributed by atoms with van der Waals surface area (Å²) in [7, 11) is -3.64. The number of hydrogen-bond acceptors (Lipinski definition) is 3. The van der Waals surface area contributed by atoms with Crippen LogP contribution in [0.3, 0.4) is 0 Å². The minimum atomic E-state index is -3.64. The van der Waals surface area contributed by atoms with Gasteiger partial charge in [0.05, 0.1) is 16.0 Å². The summed E-state index contributed by atoms with van der Waals surface area (Å²) in [6, 6.07) is 6.76. The lowest BCUT2D eigenvalue weighted by Gasteiger charge is -2.37. The van der Waals surface area contributed by atoms with E-state index in [1.165, 1.54) is 0 Å². The number of benzene rings is 1. The molecule has 0 saturated heterocycles. The number of nitrogens with one attached hydrogen (secondary N) is 1. The minimum Gasteiger partial charge on any atom is -0.389 e. The van der Waals surface area contributed by atoms with E-state index in [2.05, 4.69) is 4.72 Å². The summed E-state index contributed by atoms with van der Waals surface area (Å²) in [6.45, 7) is 8.49. The van der Waals surface area contributed by atoms with Crippen molar-refractivity contribution in [1.82, 2.24) is 4.72 Å². The molecular weight excluding hydrogens is 262 g/mol. The van der Waals surface area contributed by atoms with E-state index in [-0.39, 0.29) is 4.90 Å². The van der Waals surface area contributed by atoms with Crippen LogP contribution >= 0.6 is 0 Å². The van der Waals surface area contributed by atoms with E-state index in [0.29, 0.717) is 0 Å². The molecule has 0 atom stereocenters. The zero-order chi connectivity index (χ0) is 14.9. The van der Waals surface area contributed by atoms with E-state index < -0.39 is 21.2 Å². The van der Waals surface area contributed by atoms with Gasteiger partial charge in [-0.05, 0) is 51.8 Å². The first-order valence-corrected chi connectivity index (χ1v) is 7.83. The predicted octanol–water partition coefficient (Wildman–Crippen LogP) is 2.08. The van der Waals surface area contributed by atoms with Crippen molar-refractivity contribution in [2.24, 2.45) is 0 Å². The topological polar surface area (TPSA) is 66.4 Å². The fourth-order valence-electron chi connectivity index (χ4n) is 1.42. The van der Waals surface area contributed by atoms with Crippen LogP contribution in [-0.2, 0) is 16.4 Å². The molecule has 0 bridgehead atoms. The Bertz CT molecular complexity index is 525. The molecule has 1 aromatic carbocycles. The van der Waals surface area contributed by atoms with Crippen LogP contribution in [0.4, 0.5) is 0 Å². The third-order valence-electron chi connectivity index (χ3n) is 3.56. The van der Waals surface area contributed by atoms with Crippen molar-refractivity contribution >= 4 is 10.0 Å². The molecule has 2 N–H and O–H groups in total. The summed E-state index contributed by atoms with van der Waals surface area (Å²) in [5.74, 6) is 0. The Morgan fingerprint density at radius 1 is 1.11 bits per heavy atom. The highest BCUT2D eigenvalue weighted by atomic mass is 32.2. The van der Waals surface area contributed by atoms with Crippen molar-refractivity contribution in [2.45, 2.75) is 57.1 Å². The third kappa shape index (κ3) is 3.78. The second-order valence-electron chi connectivity index (χ2n) is 5.79. The zero-order valence-corrected chi connectivity index (χ0v) is 13.0. The smallest absolute Gasteiger partial charge is 0.241 e. The van der Waals surface area contributed by atoms with Gasteiger partial charge in [0, 0.05) is 0 Å². The zero-order valence-electron chi connectivity index (χ0n) is 12.2. The van der Waals surface area contributed by atoms with E-state index in [9.17, 15) is 13.5 Å². The van der Waals surface area contributed by atoms with Crippen LogP contribution in [0, 0.1) is 0 Å². The third-order valence-corrected chi connectivity index (χ3v) is 5.23. The Morgan fingerprint density at radius 3 is 1.95 bits per heavy atom. The van der Waals surface area contributed by atoms with Crippen molar-refractivity contribution < 1.29 is 13.5 Å². The van der Waals surface area contributed by atoms with Crippen LogP contribution in [0.5, 0.6) is 0 Å². The molecule has 4 nitrogen and oxygen atoms in total. The average Bonchev–Trinajstić information content (AvgIpc) is 2.26. The highest BCUT2D eigenvalue weighted by Crippen LogP contribution is 2.23. The normalized spacial score (nSPS) is 13.6. The molecular formula is C14H23NO3S. The van der Waals surface area contributed by atoms with Gasteiger partial charge in [-0.3, -0.25) is 0 Å². The fourth-order valence-corrected chi connectivity index (χ4v) is 2.96. The molecule has 19 heavy (non-hydrogen) atoms. The van der Waals surface area contributed by atoms with Crippen LogP contribution in [0.15, 0.2) is 29.2 Å².